The van der Waals surface area contributed by atoms with E-state index in [9.17, 15) is 0 Å². The number of rotatable bonds is 4. The molecule has 4 nitrogen and oxygen atoms in total. The fourth-order valence-corrected chi connectivity index (χ4v) is 2.24. The van der Waals surface area contributed by atoms with Crippen molar-refractivity contribution in [2.75, 3.05) is 12.4 Å². The van der Waals surface area contributed by atoms with Gasteiger partial charge in [0.05, 0.1) is 12.1 Å². The number of hydrogen-bond acceptors (Lipinski definition) is 4. The molecular weight excluding hydrogens is 342 g/mol. The van der Waals surface area contributed by atoms with Crippen molar-refractivity contribution in [2.24, 2.45) is 0 Å². The quantitative estimate of drug-likeness (QED) is 0.802. The second-order valence-electron chi connectivity index (χ2n) is 4.56. The van der Waals surface area contributed by atoms with Gasteiger partial charge >= 0.3 is 0 Å². The maximum Gasteiger partial charge on any atom is 0.139 e. The number of ether oxygens (including phenoxy) is 1. The molecule has 0 saturated heterocycles. The van der Waals surface area contributed by atoms with Gasteiger partial charge in [0.2, 0.25) is 0 Å². The topological polar surface area (TPSA) is 47.0 Å². The van der Waals surface area contributed by atoms with Gasteiger partial charge in [0.25, 0.3) is 0 Å². The summed E-state index contributed by atoms with van der Waals surface area (Å²) in [5.74, 6) is 2.38. The molecule has 0 atom stereocenters. The van der Waals surface area contributed by atoms with E-state index in [1.54, 1.807) is 13.2 Å². The number of nitrogens with one attached hydrogen (secondary N) is 1. The number of anilines is 2. The fraction of sp³-hybridized carbons (Fsp3) is 0.286. The first-order chi connectivity index (χ1) is 9.49. The Morgan fingerprint density at radius 3 is 2.65 bits per heavy atom. The molecule has 0 fully saturated rings. The average Bonchev–Trinajstić information content (AvgIpc) is 2.40. The van der Waals surface area contributed by atoms with Crippen molar-refractivity contribution in [1.82, 2.24) is 9.97 Å². The van der Waals surface area contributed by atoms with Crippen molar-refractivity contribution < 1.29 is 4.74 Å². The van der Waals surface area contributed by atoms with Crippen LogP contribution in [0.1, 0.15) is 25.6 Å². The molecule has 0 aliphatic carbocycles. The Morgan fingerprint density at radius 1 is 1.25 bits per heavy atom. The van der Waals surface area contributed by atoms with Gasteiger partial charge in [0, 0.05) is 23.7 Å². The lowest BCUT2D eigenvalue weighted by Gasteiger charge is -2.11. The second kappa shape index (κ2) is 6.41. The van der Waals surface area contributed by atoms with Crippen LogP contribution in [0.2, 0.25) is 5.02 Å². The molecule has 1 aromatic heterocycles. The third kappa shape index (κ3) is 3.61. The summed E-state index contributed by atoms with van der Waals surface area (Å²) in [4.78, 5) is 8.82. The zero-order valence-corrected chi connectivity index (χ0v) is 13.8. The highest BCUT2D eigenvalue weighted by Crippen LogP contribution is 2.29. The van der Waals surface area contributed by atoms with Crippen LogP contribution >= 0.6 is 27.5 Å². The molecule has 2 rings (SSSR count). The van der Waals surface area contributed by atoms with E-state index in [2.05, 4.69) is 45.1 Å². The zero-order valence-electron chi connectivity index (χ0n) is 11.4. The van der Waals surface area contributed by atoms with Gasteiger partial charge in [0.1, 0.15) is 22.0 Å². The van der Waals surface area contributed by atoms with Crippen LogP contribution in [-0.2, 0) is 0 Å². The average molecular weight is 357 g/mol. The Hall–Kier alpha value is -1.33. The van der Waals surface area contributed by atoms with E-state index in [0.29, 0.717) is 10.8 Å². The SMILES string of the molecule is COc1cc(Nc2cc(Br)nc(C(C)C)n2)ccc1Cl. The molecule has 0 unspecified atom stereocenters. The molecule has 106 valence electrons. The molecule has 0 amide bonds. The minimum atomic E-state index is 0.257. The van der Waals surface area contributed by atoms with Crippen molar-refractivity contribution in [3.05, 3.63) is 39.7 Å². The van der Waals surface area contributed by atoms with E-state index < -0.39 is 0 Å². The summed E-state index contributed by atoms with van der Waals surface area (Å²) < 4.78 is 5.94. The lowest BCUT2D eigenvalue weighted by Crippen LogP contribution is -2.02. The Balaban J connectivity index is 2.30. The molecule has 2 aromatic rings. The van der Waals surface area contributed by atoms with E-state index >= 15 is 0 Å². The van der Waals surface area contributed by atoms with Crippen molar-refractivity contribution in [3.8, 4) is 5.75 Å². The standard InChI is InChI=1S/C14H15BrClN3O/c1-8(2)14-18-12(15)7-13(19-14)17-9-4-5-10(16)11(6-9)20-3/h4-8H,1-3H3,(H,17,18,19). The van der Waals surface area contributed by atoms with Crippen LogP contribution in [0.5, 0.6) is 5.75 Å². The summed E-state index contributed by atoms with van der Waals surface area (Å²) in [6.45, 7) is 4.10. The smallest absolute Gasteiger partial charge is 0.139 e. The highest BCUT2D eigenvalue weighted by molar-refractivity contribution is 9.10. The van der Waals surface area contributed by atoms with Crippen LogP contribution in [0.15, 0.2) is 28.9 Å². The van der Waals surface area contributed by atoms with E-state index in [4.69, 9.17) is 16.3 Å². The van der Waals surface area contributed by atoms with Crippen LogP contribution in [0.3, 0.4) is 0 Å². The lowest BCUT2D eigenvalue weighted by molar-refractivity contribution is 0.415. The van der Waals surface area contributed by atoms with Gasteiger partial charge in [-0.3, -0.25) is 0 Å². The Kier molecular flexibility index (Phi) is 4.83. The number of halogens is 2. The van der Waals surface area contributed by atoms with Gasteiger partial charge in [-0.1, -0.05) is 25.4 Å². The number of benzene rings is 1. The van der Waals surface area contributed by atoms with Crippen molar-refractivity contribution in [2.45, 2.75) is 19.8 Å². The third-order valence-electron chi connectivity index (χ3n) is 2.65. The van der Waals surface area contributed by atoms with Gasteiger partial charge in [0.15, 0.2) is 0 Å². The van der Waals surface area contributed by atoms with Crippen molar-refractivity contribution in [3.63, 3.8) is 0 Å². The molecule has 6 heteroatoms. The van der Waals surface area contributed by atoms with Gasteiger partial charge in [-0.25, -0.2) is 9.97 Å². The summed E-state index contributed by atoms with van der Waals surface area (Å²) in [7, 11) is 1.59. The minimum Gasteiger partial charge on any atom is -0.495 e. The maximum atomic E-state index is 6.01. The van der Waals surface area contributed by atoms with Crippen LogP contribution in [0.25, 0.3) is 0 Å². The molecule has 1 heterocycles. The van der Waals surface area contributed by atoms with Gasteiger partial charge in [-0.05, 0) is 28.1 Å². The van der Waals surface area contributed by atoms with Gasteiger partial charge < -0.3 is 10.1 Å². The third-order valence-corrected chi connectivity index (χ3v) is 3.37. The summed E-state index contributed by atoms with van der Waals surface area (Å²) in [6.07, 6.45) is 0. The molecule has 0 saturated carbocycles. The first kappa shape index (κ1) is 15.1. The van der Waals surface area contributed by atoms with Crippen LogP contribution in [-0.4, -0.2) is 17.1 Å². The summed E-state index contributed by atoms with van der Waals surface area (Å²) in [5, 5.41) is 3.80. The normalized spacial score (nSPS) is 10.7. The highest BCUT2D eigenvalue weighted by Gasteiger charge is 2.08. The van der Waals surface area contributed by atoms with Gasteiger partial charge in [-0.15, -0.1) is 0 Å². The van der Waals surface area contributed by atoms with Crippen LogP contribution in [0, 0.1) is 0 Å². The van der Waals surface area contributed by atoms with E-state index in [1.165, 1.54) is 0 Å². The molecule has 1 aromatic carbocycles. The Morgan fingerprint density at radius 2 is 2.00 bits per heavy atom. The summed E-state index contributed by atoms with van der Waals surface area (Å²) in [6, 6.07) is 7.30. The Bertz CT molecular complexity index is 619. The molecule has 0 spiro atoms. The van der Waals surface area contributed by atoms with Gasteiger partial charge in [-0.2, -0.15) is 0 Å². The number of hydrogen-bond donors (Lipinski definition) is 1. The largest absolute Gasteiger partial charge is 0.495 e. The summed E-state index contributed by atoms with van der Waals surface area (Å²) in [5.41, 5.74) is 0.853. The first-order valence-electron chi connectivity index (χ1n) is 6.14. The van der Waals surface area contributed by atoms with Crippen molar-refractivity contribution >= 4 is 39.0 Å². The minimum absolute atomic E-state index is 0.257. The monoisotopic (exact) mass is 355 g/mol. The van der Waals surface area contributed by atoms with Crippen LogP contribution in [0.4, 0.5) is 11.5 Å². The predicted molar refractivity (Wildman–Crippen MR) is 85.1 cm³/mol. The molecule has 20 heavy (non-hydrogen) atoms. The predicted octanol–water partition coefficient (Wildman–Crippen LogP) is 4.77. The van der Waals surface area contributed by atoms with E-state index in [1.807, 2.05) is 18.2 Å². The highest BCUT2D eigenvalue weighted by atomic mass is 79.9. The Labute approximate surface area is 131 Å². The van der Waals surface area contributed by atoms with Crippen molar-refractivity contribution in [1.29, 1.82) is 0 Å². The fourth-order valence-electron chi connectivity index (χ4n) is 1.64. The number of aromatic nitrogens is 2. The number of nitrogens with zero attached hydrogens (tertiary/aromatic N) is 2. The lowest BCUT2D eigenvalue weighted by atomic mass is 10.2. The van der Waals surface area contributed by atoms with E-state index in [-0.39, 0.29) is 5.92 Å². The molecular formula is C14H15BrClN3O. The van der Waals surface area contributed by atoms with E-state index in [0.717, 1.165) is 21.9 Å². The molecule has 0 bridgehead atoms. The first-order valence-corrected chi connectivity index (χ1v) is 7.31. The molecule has 0 radical (unpaired) electrons. The maximum absolute atomic E-state index is 6.01. The second-order valence-corrected chi connectivity index (χ2v) is 5.78. The zero-order chi connectivity index (χ0) is 14.7. The molecule has 1 N–H and O–H groups in total. The molecule has 0 aliphatic rings. The number of methoxy groups -OCH3 is 1. The molecule has 0 aliphatic heterocycles. The van der Waals surface area contributed by atoms with Crippen LogP contribution < -0.4 is 10.1 Å². The summed E-state index contributed by atoms with van der Waals surface area (Å²) >= 11 is 9.40.